The van der Waals surface area contributed by atoms with Crippen LogP contribution >= 0.6 is 11.6 Å². The molecule has 0 bridgehead atoms. The van der Waals surface area contributed by atoms with Gasteiger partial charge in [0.2, 0.25) is 0 Å². The molecule has 0 aromatic heterocycles. The molecule has 2 rings (SSSR count). The van der Waals surface area contributed by atoms with Gasteiger partial charge in [-0.1, -0.05) is 50.9 Å². The van der Waals surface area contributed by atoms with Crippen LogP contribution in [0.1, 0.15) is 45.6 Å². The van der Waals surface area contributed by atoms with Gasteiger partial charge in [0.05, 0.1) is 5.02 Å². The molecule has 0 saturated heterocycles. The van der Waals surface area contributed by atoms with Gasteiger partial charge < -0.3 is 15.3 Å². The molecule has 1 fully saturated rings. The molecule has 23 heavy (non-hydrogen) atoms. The van der Waals surface area contributed by atoms with Crippen molar-refractivity contribution in [1.82, 2.24) is 0 Å². The Morgan fingerprint density at radius 2 is 2.00 bits per heavy atom. The second-order valence-corrected chi connectivity index (χ2v) is 7.55. The number of carboxylic acids is 1. The van der Waals surface area contributed by atoms with Crippen molar-refractivity contribution < 1.29 is 20.1 Å². The Kier molecular flexibility index (Phi) is 5.27. The SMILES string of the molecule is CC(C)[C@@H]1CC[C@@H](C)CC1[C@@](O)(C(=O)O)c1cccc(Cl)c1O. The zero-order valence-electron chi connectivity index (χ0n) is 13.8. The predicted molar refractivity (Wildman–Crippen MR) is 89.5 cm³/mol. The molecule has 1 aromatic rings. The summed E-state index contributed by atoms with van der Waals surface area (Å²) in [5, 5.41) is 31.3. The molecule has 0 radical (unpaired) electrons. The van der Waals surface area contributed by atoms with E-state index in [1.165, 1.54) is 12.1 Å². The van der Waals surface area contributed by atoms with E-state index in [4.69, 9.17) is 11.6 Å². The highest BCUT2D eigenvalue weighted by atomic mass is 35.5. The van der Waals surface area contributed by atoms with E-state index in [0.29, 0.717) is 12.3 Å². The van der Waals surface area contributed by atoms with Crippen LogP contribution < -0.4 is 0 Å². The fraction of sp³-hybridized carbons (Fsp3) is 0.611. The fourth-order valence-electron chi connectivity index (χ4n) is 3.98. The van der Waals surface area contributed by atoms with Crippen LogP contribution in [0.3, 0.4) is 0 Å². The number of phenols is 1. The molecule has 0 amide bonds. The van der Waals surface area contributed by atoms with Crippen molar-refractivity contribution >= 4 is 17.6 Å². The Morgan fingerprint density at radius 3 is 2.57 bits per heavy atom. The number of phenolic OH excluding ortho intramolecular Hbond substituents is 1. The Morgan fingerprint density at radius 1 is 1.35 bits per heavy atom. The molecule has 1 aromatic carbocycles. The lowest BCUT2D eigenvalue weighted by molar-refractivity contribution is -0.174. The van der Waals surface area contributed by atoms with Crippen molar-refractivity contribution in [2.45, 2.75) is 45.6 Å². The van der Waals surface area contributed by atoms with Crippen LogP contribution in [0.4, 0.5) is 0 Å². The summed E-state index contributed by atoms with van der Waals surface area (Å²) in [6.45, 7) is 6.17. The highest BCUT2D eigenvalue weighted by Gasteiger charge is 2.52. The average molecular weight is 341 g/mol. The Labute approximate surface area is 142 Å². The summed E-state index contributed by atoms with van der Waals surface area (Å²) in [5.41, 5.74) is -2.15. The second kappa shape index (κ2) is 6.70. The predicted octanol–water partition coefficient (Wildman–Crippen LogP) is 4.03. The standard InChI is InChI=1S/C18H25ClO4/c1-10(2)12-8-7-11(3)9-14(12)18(23,17(21)22)13-5-4-6-15(19)16(13)20/h4-6,10-12,14,20,23H,7-9H2,1-3H3,(H,21,22)/t11-,12+,14?,18-/m1/s1. The second-order valence-electron chi connectivity index (χ2n) is 7.14. The minimum absolute atomic E-state index is 0.0118. The van der Waals surface area contributed by atoms with E-state index in [2.05, 4.69) is 6.92 Å². The van der Waals surface area contributed by atoms with Crippen LogP contribution in [0.25, 0.3) is 0 Å². The van der Waals surface area contributed by atoms with Crippen molar-refractivity contribution in [3.05, 3.63) is 28.8 Å². The molecule has 128 valence electrons. The smallest absolute Gasteiger partial charge is 0.340 e. The Hall–Kier alpha value is -1.26. The number of hydrogen-bond acceptors (Lipinski definition) is 3. The average Bonchev–Trinajstić information content (AvgIpc) is 2.48. The van der Waals surface area contributed by atoms with Gasteiger partial charge in [-0.25, -0.2) is 4.79 Å². The number of aromatic hydroxyl groups is 1. The van der Waals surface area contributed by atoms with Gasteiger partial charge in [-0.2, -0.15) is 0 Å². The highest BCUT2D eigenvalue weighted by Crippen LogP contribution is 2.50. The summed E-state index contributed by atoms with van der Waals surface area (Å²) < 4.78 is 0. The van der Waals surface area contributed by atoms with E-state index >= 15 is 0 Å². The van der Waals surface area contributed by atoms with E-state index in [1.807, 2.05) is 13.8 Å². The van der Waals surface area contributed by atoms with Gasteiger partial charge >= 0.3 is 5.97 Å². The zero-order valence-corrected chi connectivity index (χ0v) is 14.5. The van der Waals surface area contributed by atoms with Crippen LogP contribution in [0.15, 0.2) is 18.2 Å². The van der Waals surface area contributed by atoms with Crippen LogP contribution in [0.5, 0.6) is 5.75 Å². The van der Waals surface area contributed by atoms with E-state index in [0.717, 1.165) is 12.8 Å². The number of hydrogen-bond donors (Lipinski definition) is 3. The van der Waals surface area contributed by atoms with Gasteiger partial charge in [-0.15, -0.1) is 0 Å². The van der Waals surface area contributed by atoms with Gasteiger partial charge in [-0.3, -0.25) is 0 Å². The molecule has 0 heterocycles. The number of benzene rings is 1. The topological polar surface area (TPSA) is 77.8 Å². The molecule has 0 spiro atoms. The number of rotatable bonds is 4. The minimum Gasteiger partial charge on any atom is -0.506 e. The van der Waals surface area contributed by atoms with E-state index in [-0.39, 0.29) is 28.2 Å². The lowest BCUT2D eigenvalue weighted by Crippen LogP contribution is -2.49. The molecule has 1 aliphatic carbocycles. The maximum Gasteiger partial charge on any atom is 0.340 e. The third kappa shape index (κ3) is 3.20. The van der Waals surface area contributed by atoms with Crippen molar-refractivity contribution in [2.75, 3.05) is 0 Å². The number of halogens is 1. The van der Waals surface area contributed by atoms with Crippen molar-refractivity contribution in [3.8, 4) is 5.75 Å². The van der Waals surface area contributed by atoms with Crippen LogP contribution in [0, 0.1) is 23.7 Å². The third-order valence-corrected chi connectivity index (χ3v) is 5.59. The normalized spacial score (nSPS) is 27.7. The Balaban J connectivity index is 2.58. The fourth-order valence-corrected chi connectivity index (χ4v) is 4.15. The van der Waals surface area contributed by atoms with Crippen LogP contribution in [-0.4, -0.2) is 21.3 Å². The van der Waals surface area contributed by atoms with Crippen molar-refractivity contribution in [3.63, 3.8) is 0 Å². The number of carbonyl (C=O) groups is 1. The Bertz CT molecular complexity index is 586. The first-order valence-electron chi connectivity index (χ1n) is 8.13. The first-order chi connectivity index (χ1) is 10.7. The number of aliphatic hydroxyl groups is 1. The summed E-state index contributed by atoms with van der Waals surface area (Å²) in [4.78, 5) is 12.1. The first kappa shape index (κ1) is 18.1. The van der Waals surface area contributed by atoms with Crippen LogP contribution in [-0.2, 0) is 10.4 Å². The lowest BCUT2D eigenvalue weighted by atomic mass is 9.62. The lowest BCUT2D eigenvalue weighted by Gasteiger charge is -2.44. The third-order valence-electron chi connectivity index (χ3n) is 5.28. The quantitative estimate of drug-likeness (QED) is 0.773. The molecule has 0 aliphatic heterocycles. The molecule has 1 aliphatic rings. The minimum atomic E-state index is -2.14. The molecule has 5 heteroatoms. The molecular weight excluding hydrogens is 316 g/mol. The number of carboxylic acid groups (broad SMARTS) is 1. The molecule has 4 nitrogen and oxygen atoms in total. The molecular formula is C18H25ClO4. The summed E-state index contributed by atoms with van der Waals surface area (Å²) in [6, 6.07) is 4.49. The van der Waals surface area contributed by atoms with E-state index in [9.17, 15) is 20.1 Å². The monoisotopic (exact) mass is 340 g/mol. The van der Waals surface area contributed by atoms with Gasteiger partial charge in [0, 0.05) is 11.5 Å². The summed E-state index contributed by atoms with van der Waals surface area (Å²) in [7, 11) is 0. The number of aliphatic carboxylic acids is 1. The number of para-hydroxylation sites is 1. The summed E-state index contributed by atoms with van der Waals surface area (Å²) >= 11 is 5.94. The highest BCUT2D eigenvalue weighted by molar-refractivity contribution is 6.32. The summed E-state index contributed by atoms with van der Waals surface area (Å²) in [5.74, 6) is -1.49. The summed E-state index contributed by atoms with van der Waals surface area (Å²) in [6.07, 6.45) is 2.51. The maximum atomic E-state index is 12.1. The maximum absolute atomic E-state index is 12.1. The first-order valence-corrected chi connectivity index (χ1v) is 8.51. The van der Waals surface area contributed by atoms with E-state index in [1.54, 1.807) is 6.07 Å². The molecule has 4 atom stereocenters. The van der Waals surface area contributed by atoms with Crippen molar-refractivity contribution in [2.24, 2.45) is 23.7 Å². The van der Waals surface area contributed by atoms with E-state index < -0.39 is 17.5 Å². The van der Waals surface area contributed by atoms with Gasteiger partial charge in [0.1, 0.15) is 5.75 Å². The van der Waals surface area contributed by atoms with Gasteiger partial charge in [0.15, 0.2) is 5.60 Å². The van der Waals surface area contributed by atoms with Gasteiger partial charge in [0.25, 0.3) is 0 Å². The van der Waals surface area contributed by atoms with Crippen molar-refractivity contribution in [1.29, 1.82) is 0 Å². The molecule has 1 saturated carbocycles. The molecule has 1 unspecified atom stereocenters. The zero-order chi connectivity index (χ0) is 17.4. The van der Waals surface area contributed by atoms with Gasteiger partial charge in [-0.05, 0) is 36.7 Å². The molecule has 3 N–H and O–H groups in total. The largest absolute Gasteiger partial charge is 0.506 e. The van der Waals surface area contributed by atoms with Crippen LogP contribution in [0.2, 0.25) is 5.02 Å².